The minimum atomic E-state index is -5.56. The normalized spacial score (nSPS) is 15.8. The summed E-state index contributed by atoms with van der Waals surface area (Å²) in [5.74, 6) is -0.775. The first-order chi connectivity index (χ1) is 8.95. The van der Waals surface area contributed by atoms with Gasteiger partial charge in [0.15, 0.2) is 6.10 Å². The minimum absolute atomic E-state index is 0.0813. The second kappa shape index (κ2) is 5.57. The summed E-state index contributed by atoms with van der Waals surface area (Å²) in [6.07, 6.45) is -18.4. The van der Waals surface area contributed by atoms with E-state index in [0.717, 1.165) is 18.2 Å². The van der Waals surface area contributed by atoms with Gasteiger partial charge in [0.1, 0.15) is 5.75 Å². The predicted octanol–water partition coefficient (Wildman–Crippen LogP) is 3.16. The lowest BCUT2D eigenvalue weighted by atomic mass is 10.2. The van der Waals surface area contributed by atoms with Crippen LogP contribution < -0.4 is 10.5 Å². The van der Waals surface area contributed by atoms with Crippen LogP contribution >= 0.6 is 11.6 Å². The number of anilines is 1. The number of benzene rings is 1. The van der Waals surface area contributed by atoms with Crippen molar-refractivity contribution in [2.24, 2.45) is 0 Å². The highest BCUT2D eigenvalue weighted by Gasteiger charge is 2.57. The van der Waals surface area contributed by atoms with Gasteiger partial charge in [-0.25, -0.2) is 4.39 Å². The van der Waals surface area contributed by atoms with Crippen LogP contribution in [0, 0.1) is 0 Å². The molecule has 0 saturated carbocycles. The molecule has 1 aromatic carbocycles. The van der Waals surface area contributed by atoms with Crippen LogP contribution in [-0.2, 0) is 0 Å². The van der Waals surface area contributed by atoms with Crippen LogP contribution in [0.1, 0.15) is 0 Å². The summed E-state index contributed by atoms with van der Waals surface area (Å²) in [5.41, 5.74) is 5.35. The quantitative estimate of drug-likeness (QED) is 0.661. The molecule has 0 unspecified atom stereocenters. The van der Waals surface area contributed by atoms with Crippen molar-refractivity contribution in [3.05, 3.63) is 23.2 Å². The van der Waals surface area contributed by atoms with Crippen molar-refractivity contribution in [3.8, 4) is 5.75 Å². The molecule has 0 radical (unpaired) electrons. The molecule has 0 bridgehead atoms. The fourth-order valence-corrected chi connectivity index (χ4v) is 1.38. The van der Waals surface area contributed by atoms with Gasteiger partial charge in [-0.05, 0) is 18.2 Å². The fraction of sp³-hybridized carbons (Fsp3) is 0.400. The molecule has 0 spiro atoms. The third kappa shape index (κ3) is 3.83. The molecule has 0 aliphatic heterocycles. The maximum Gasteiger partial charge on any atom is 0.433 e. The van der Waals surface area contributed by atoms with E-state index in [-0.39, 0.29) is 5.69 Å². The molecule has 1 aromatic rings. The monoisotopic (exact) mass is 323 g/mol. The van der Waals surface area contributed by atoms with Gasteiger partial charge in [-0.15, -0.1) is 0 Å². The number of nitrogens with two attached hydrogens (primary N) is 1. The molecular formula is C10H8ClF6NO2. The van der Waals surface area contributed by atoms with Crippen molar-refractivity contribution in [2.45, 2.75) is 24.6 Å². The summed E-state index contributed by atoms with van der Waals surface area (Å²) < 4.78 is 79.2. The maximum absolute atomic E-state index is 13.2. The van der Waals surface area contributed by atoms with E-state index in [9.17, 15) is 26.3 Å². The molecule has 10 heteroatoms. The Hall–Kier alpha value is -1.35. The predicted molar refractivity (Wildman–Crippen MR) is 58.4 cm³/mol. The van der Waals surface area contributed by atoms with E-state index in [4.69, 9.17) is 22.4 Å². The molecule has 0 saturated heterocycles. The zero-order valence-electron chi connectivity index (χ0n) is 9.47. The fourth-order valence-electron chi connectivity index (χ4n) is 1.15. The van der Waals surface area contributed by atoms with E-state index in [2.05, 4.69) is 4.74 Å². The molecule has 0 heterocycles. The largest absolute Gasteiger partial charge is 0.433 e. The highest BCUT2D eigenvalue weighted by atomic mass is 35.5. The Morgan fingerprint density at radius 3 is 2.20 bits per heavy atom. The third-order valence-electron chi connectivity index (χ3n) is 2.14. The molecule has 3 nitrogen and oxygen atoms in total. The van der Waals surface area contributed by atoms with Gasteiger partial charge in [-0.3, -0.25) is 0 Å². The van der Waals surface area contributed by atoms with Gasteiger partial charge in [-0.1, -0.05) is 11.6 Å². The molecule has 1 rings (SSSR count). The number of nitrogen functional groups attached to an aromatic ring is 1. The van der Waals surface area contributed by atoms with Crippen LogP contribution in [0.15, 0.2) is 18.2 Å². The van der Waals surface area contributed by atoms with Crippen molar-refractivity contribution in [1.82, 2.24) is 0 Å². The van der Waals surface area contributed by atoms with E-state index in [0.29, 0.717) is 0 Å². The van der Waals surface area contributed by atoms with Gasteiger partial charge < -0.3 is 15.6 Å². The lowest BCUT2D eigenvalue weighted by molar-refractivity contribution is -0.291. The topological polar surface area (TPSA) is 55.5 Å². The molecule has 0 amide bonds. The van der Waals surface area contributed by atoms with Crippen molar-refractivity contribution in [3.63, 3.8) is 0 Å². The summed E-state index contributed by atoms with van der Waals surface area (Å²) >= 11 is 5.46. The first kappa shape index (κ1) is 16.7. The van der Waals surface area contributed by atoms with E-state index < -0.39 is 35.3 Å². The molecule has 20 heavy (non-hydrogen) atoms. The van der Waals surface area contributed by atoms with E-state index >= 15 is 0 Å². The van der Waals surface area contributed by atoms with Crippen molar-refractivity contribution in [2.75, 3.05) is 5.73 Å². The van der Waals surface area contributed by atoms with Crippen LogP contribution in [-0.4, -0.2) is 29.7 Å². The molecule has 0 fully saturated rings. The van der Waals surface area contributed by atoms with E-state index in [1.54, 1.807) is 0 Å². The minimum Gasteiger partial charge on any atom is -0.429 e. The van der Waals surface area contributed by atoms with E-state index in [1.165, 1.54) is 0 Å². The number of hydrogen-bond donors (Lipinski definition) is 2. The SMILES string of the molecule is Nc1ccc(OC(F)(F)[C@H](F)[C@@H](O)C(F)(F)F)c(Cl)c1. The van der Waals surface area contributed by atoms with Crippen LogP contribution in [0.3, 0.4) is 0 Å². The maximum atomic E-state index is 13.2. The van der Waals surface area contributed by atoms with Gasteiger partial charge in [0.05, 0.1) is 5.02 Å². The van der Waals surface area contributed by atoms with Gasteiger partial charge in [-0.2, -0.15) is 22.0 Å². The third-order valence-corrected chi connectivity index (χ3v) is 2.43. The molecule has 2 atom stereocenters. The van der Waals surface area contributed by atoms with Gasteiger partial charge in [0, 0.05) is 5.69 Å². The first-order valence-electron chi connectivity index (χ1n) is 4.96. The second-order valence-electron chi connectivity index (χ2n) is 3.74. The number of aliphatic hydroxyl groups excluding tert-OH is 1. The van der Waals surface area contributed by atoms with Gasteiger partial charge >= 0.3 is 12.3 Å². The molecule has 3 N–H and O–H groups in total. The number of aliphatic hydroxyl groups is 1. The molecule has 0 aromatic heterocycles. The lowest BCUT2D eigenvalue weighted by Crippen LogP contribution is -2.50. The number of hydrogen-bond acceptors (Lipinski definition) is 3. The summed E-state index contributed by atoms with van der Waals surface area (Å²) in [6.45, 7) is 0. The molecule has 114 valence electrons. The number of ether oxygens (including phenoxy) is 1. The van der Waals surface area contributed by atoms with Gasteiger partial charge in [0.25, 0.3) is 0 Å². The smallest absolute Gasteiger partial charge is 0.429 e. The lowest BCUT2D eigenvalue weighted by Gasteiger charge is -2.26. The van der Waals surface area contributed by atoms with Crippen molar-refractivity contribution in [1.29, 1.82) is 0 Å². The van der Waals surface area contributed by atoms with Gasteiger partial charge in [0.2, 0.25) is 6.17 Å². The summed E-state index contributed by atoms with van der Waals surface area (Å²) in [4.78, 5) is 0. The zero-order valence-corrected chi connectivity index (χ0v) is 10.2. The summed E-state index contributed by atoms with van der Waals surface area (Å²) in [5, 5.41) is 8.02. The van der Waals surface area contributed by atoms with E-state index in [1.807, 2.05) is 0 Å². The first-order valence-corrected chi connectivity index (χ1v) is 5.33. The Labute approximate surface area is 113 Å². The van der Waals surface area contributed by atoms with Crippen LogP contribution in [0.25, 0.3) is 0 Å². The highest BCUT2D eigenvalue weighted by molar-refractivity contribution is 6.32. The Bertz CT molecular complexity index is 481. The Balaban J connectivity index is 2.94. The van der Waals surface area contributed by atoms with Crippen molar-refractivity contribution >= 4 is 17.3 Å². The summed E-state index contributed by atoms with van der Waals surface area (Å²) in [6, 6.07) is 2.89. The Kier molecular flexibility index (Phi) is 4.65. The van der Waals surface area contributed by atoms with Crippen LogP contribution in [0.4, 0.5) is 32.0 Å². The molecular weight excluding hydrogens is 316 g/mol. The average molecular weight is 324 g/mol. The Morgan fingerprint density at radius 2 is 1.75 bits per heavy atom. The second-order valence-corrected chi connectivity index (χ2v) is 4.15. The van der Waals surface area contributed by atoms with Crippen LogP contribution in [0.5, 0.6) is 5.75 Å². The molecule has 0 aliphatic rings. The standard InChI is InChI=1S/C10H8ClF6NO2/c11-5-3-4(18)1-2-6(5)20-10(16,17)7(12)8(19)9(13,14)15/h1-3,7-8,19H,18H2/t7-,8-/m1/s1. The zero-order chi connectivity index (χ0) is 15.7. The molecule has 0 aliphatic carbocycles. The number of alkyl halides is 6. The average Bonchev–Trinajstić information content (AvgIpc) is 2.29. The highest BCUT2D eigenvalue weighted by Crippen LogP contribution is 2.36. The van der Waals surface area contributed by atoms with Crippen molar-refractivity contribution < 1.29 is 36.2 Å². The number of rotatable bonds is 4. The summed E-state index contributed by atoms with van der Waals surface area (Å²) in [7, 11) is 0. The number of halogens is 7. The Morgan fingerprint density at radius 1 is 1.20 bits per heavy atom. The van der Waals surface area contributed by atoms with Crippen LogP contribution in [0.2, 0.25) is 5.02 Å².